The Morgan fingerprint density at radius 1 is 1.03 bits per heavy atom. The van der Waals surface area contributed by atoms with Crippen LogP contribution >= 0.6 is 11.3 Å². The van der Waals surface area contributed by atoms with E-state index < -0.39 is 0 Å². The first-order valence-electron chi connectivity index (χ1n) is 11.3. The molecule has 0 spiro atoms. The molecular weight excluding hydrogens is 446 g/mol. The number of carbonyl (C=O) groups is 2. The van der Waals surface area contributed by atoms with Crippen LogP contribution in [0.5, 0.6) is 0 Å². The average molecular weight is 476 g/mol. The van der Waals surface area contributed by atoms with Gasteiger partial charge in [-0.15, -0.1) is 11.3 Å². The summed E-state index contributed by atoms with van der Waals surface area (Å²) in [5.74, 6) is 0.125. The number of benzene rings is 2. The lowest BCUT2D eigenvalue weighted by Crippen LogP contribution is -2.30. The monoisotopic (exact) mass is 475 g/mol. The molecule has 0 atom stereocenters. The van der Waals surface area contributed by atoms with Crippen molar-refractivity contribution in [3.8, 4) is 0 Å². The van der Waals surface area contributed by atoms with Gasteiger partial charge in [0.2, 0.25) is 0 Å². The fraction of sp³-hybridized carbons (Fsp3) is 0.269. The van der Waals surface area contributed by atoms with Crippen LogP contribution in [0.3, 0.4) is 0 Å². The largest absolute Gasteiger partial charge is 0.385 e. The quantitative estimate of drug-likeness (QED) is 0.412. The lowest BCUT2D eigenvalue weighted by atomic mass is 10.0. The van der Waals surface area contributed by atoms with Crippen LogP contribution in [0, 0.1) is 0 Å². The molecule has 3 N–H and O–H groups in total. The predicted molar refractivity (Wildman–Crippen MR) is 138 cm³/mol. The van der Waals surface area contributed by atoms with Crippen LogP contribution < -0.4 is 16.0 Å². The summed E-state index contributed by atoms with van der Waals surface area (Å²) in [7, 11) is 4.12. The van der Waals surface area contributed by atoms with Gasteiger partial charge < -0.3 is 20.9 Å². The van der Waals surface area contributed by atoms with Gasteiger partial charge in [-0.05, 0) is 80.5 Å². The molecule has 0 saturated carbocycles. The van der Waals surface area contributed by atoms with Crippen molar-refractivity contribution in [2.24, 2.45) is 4.99 Å². The van der Waals surface area contributed by atoms with Gasteiger partial charge in [-0.3, -0.25) is 14.6 Å². The van der Waals surface area contributed by atoms with E-state index in [2.05, 4.69) is 39.9 Å². The van der Waals surface area contributed by atoms with Gasteiger partial charge in [0.15, 0.2) is 0 Å². The molecule has 2 aromatic carbocycles. The molecule has 1 aromatic heterocycles. The third-order valence-electron chi connectivity index (χ3n) is 5.53. The molecule has 0 fully saturated rings. The summed E-state index contributed by atoms with van der Waals surface area (Å²) in [5.41, 5.74) is 3.86. The summed E-state index contributed by atoms with van der Waals surface area (Å²) in [6.45, 7) is 2.87. The second-order valence-electron chi connectivity index (χ2n) is 8.41. The Hall–Kier alpha value is -3.49. The molecule has 0 saturated heterocycles. The molecule has 8 heteroatoms. The molecule has 1 aliphatic rings. The Bertz CT molecular complexity index is 1170. The van der Waals surface area contributed by atoms with Crippen LogP contribution in [-0.4, -0.2) is 49.7 Å². The number of thiophene rings is 1. The summed E-state index contributed by atoms with van der Waals surface area (Å²) >= 11 is 1.60. The zero-order chi connectivity index (χ0) is 23.9. The van der Waals surface area contributed by atoms with Gasteiger partial charge in [-0.2, -0.15) is 0 Å². The van der Waals surface area contributed by atoms with E-state index in [9.17, 15) is 9.59 Å². The van der Waals surface area contributed by atoms with E-state index in [1.807, 2.05) is 35.7 Å². The van der Waals surface area contributed by atoms with Gasteiger partial charge in [0.05, 0.1) is 13.1 Å². The van der Waals surface area contributed by atoms with E-state index in [0.29, 0.717) is 30.1 Å². The molecule has 176 valence electrons. The van der Waals surface area contributed by atoms with Crippen molar-refractivity contribution in [1.29, 1.82) is 0 Å². The molecule has 0 aliphatic carbocycles. The molecule has 2 heterocycles. The van der Waals surface area contributed by atoms with E-state index in [0.717, 1.165) is 41.2 Å². The van der Waals surface area contributed by atoms with E-state index in [-0.39, 0.29) is 11.8 Å². The van der Waals surface area contributed by atoms with Gasteiger partial charge >= 0.3 is 0 Å². The van der Waals surface area contributed by atoms with Crippen LogP contribution in [0.1, 0.15) is 43.1 Å². The maximum atomic E-state index is 12.8. The Morgan fingerprint density at radius 2 is 1.82 bits per heavy atom. The molecule has 0 unspecified atom stereocenters. The molecule has 3 aromatic rings. The topological polar surface area (TPSA) is 85.8 Å². The average Bonchev–Trinajstić information content (AvgIpc) is 3.50. The first-order chi connectivity index (χ1) is 16.5. The number of hydrogen-bond acceptors (Lipinski definition) is 6. The molecule has 0 radical (unpaired) electrons. The summed E-state index contributed by atoms with van der Waals surface area (Å²) in [4.78, 5) is 33.1. The van der Waals surface area contributed by atoms with Crippen LogP contribution in [-0.2, 0) is 13.1 Å². The second kappa shape index (κ2) is 11.1. The number of nitrogens with one attached hydrogen (secondary N) is 3. The Morgan fingerprint density at radius 3 is 2.56 bits per heavy atom. The molecule has 0 bridgehead atoms. The molecular formula is C26H29N5O2S. The minimum atomic E-state index is -0.224. The van der Waals surface area contributed by atoms with Crippen LogP contribution in [0.25, 0.3) is 0 Å². The molecule has 2 amide bonds. The second-order valence-corrected chi connectivity index (χ2v) is 9.45. The van der Waals surface area contributed by atoms with Crippen molar-refractivity contribution in [2.45, 2.75) is 19.5 Å². The number of rotatable bonds is 9. The highest BCUT2D eigenvalue weighted by Crippen LogP contribution is 2.20. The van der Waals surface area contributed by atoms with Crippen molar-refractivity contribution in [3.63, 3.8) is 0 Å². The minimum Gasteiger partial charge on any atom is -0.385 e. The van der Waals surface area contributed by atoms with Crippen molar-refractivity contribution in [3.05, 3.63) is 87.1 Å². The number of nitrogens with zero attached hydrogens (tertiary/aromatic N) is 2. The van der Waals surface area contributed by atoms with Gasteiger partial charge in [-0.25, -0.2) is 0 Å². The number of anilines is 1. The van der Waals surface area contributed by atoms with Crippen molar-refractivity contribution in [1.82, 2.24) is 15.5 Å². The van der Waals surface area contributed by atoms with E-state index >= 15 is 0 Å². The van der Waals surface area contributed by atoms with Crippen molar-refractivity contribution in [2.75, 3.05) is 32.5 Å². The SMILES string of the molecule is CN(C)CCCNc1ccc(C(=O)NC2=NCc3ccc(C(=O)NCc4cccs4)cc32)cc1. The summed E-state index contributed by atoms with van der Waals surface area (Å²) in [6.07, 6.45) is 1.04. The van der Waals surface area contributed by atoms with Crippen molar-refractivity contribution >= 4 is 34.7 Å². The van der Waals surface area contributed by atoms with Crippen LogP contribution in [0.15, 0.2) is 65.0 Å². The maximum absolute atomic E-state index is 12.8. The van der Waals surface area contributed by atoms with Gasteiger partial charge in [-0.1, -0.05) is 12.1 Å². The number of hydrogen-bond donors (Lipinski definition) is 3. The fourth-order valence-electron chi connectivity index (χ4n) is 3.66. The number of aliphatic imine (C=N–C) groups is 1. The minimum absolute atomic E-state index is 0.151. The number of amidine groups is 1. The standard InChI is InChI=1S/C26H29N5O2S/c1-31(2)13-4-12-27-21-10-8-18(9-11-21)26(33)30-24-23-15-19(6-7-20(23)16-28-24)25(32)29-17-22-5-3-14-34-22/h3,5-11,14-15,27H,4,12-13,16-17H2,1-2H3,(H,29,32)(H,28,30,33). The zero-order valence-electron chi connectivity index (χ0n) is 19.4. The highest BCUT2D eigenvalue weighted by atomic mass is 32.1. The number of amides is 2. The van der Waals surface area contributed by atoms with Gasteiger partial charge in [0.1, 0.15) is 5.84 Å². The van der Waals surface area contributed by atoms with Crippen LogP contribution in [0.2, 0.25) is 0 Å². The first-order valence-corrected chi connectivity index (χ1v) is 12.2. The molecule has 34 heavy (non-hydrogen) atoms. The number of fused-ring (bicyclic) bond motifs is 1. The highest BCUT2D eigenvalue weighted by molar-refractivity contribution is 7.09. The smallest absolute Gasteiger partial charge is 0.256 e. The molecule has 4 rings (SSSR count). The molecule has 1 aliphatic heterocycles. The summed E-state index contributed by atoms with van der Waals surface area (Å²) in [5, 5.41) is 11.2. The normalized spacial score (nSPS) is 12.3. The highest BCUT2D eigenvalue weighted by Gasteiger charge is 2.20. The van der Waals surface area contributed by atoms with E-state index in [1.54, 1.807) is 35.6 Å². The molecule has 7 nitrogen and oxygen atoms in total. The first kappa shape index (κ1) is 23.7. The Labute approximate surface area is 203 Å². The van der Waals surface area contributed by atoms with E-state index in [4.69, 9.17) is 0 Å². The predicted octanol–water partition coefficient (Wildman–Crippen LogP) is 3.73. The maximum Gasteiger partial charge on any atom is 0.256 e. The third-order valence-corrected chi connectivity index (χ3v) is 6.40. The van der Waals surface area contributed by atoms with E-state index in [1.165, 1.54) is 0 Å². The Balaban J connectivity index is 1.35. The fourth-order valence-corrected chi connectivity index (χ4v) is 4.31. The Kier molecular flexibility index (Phi) is 7.72. The van der Waals surface area contributed by atoms with Crippen molar-refractivity contribution < 1.29 is 9.59 Å². The summed E-state index contributed by atoms with van der Waals surface area (Å²) < 4.78 is 0. The lowest BCUT2D eigenvalue weighted by molar-refractivity contribution is 0.0949. The lowest BCUT2D eigenvalue weighted by Gasteiger charge is -2.11. The summed E-state index contributed by atoms with van der Waals surface area (Å²) in [6, 6.07) is 16.9. The number of carbonyl (C=O) groups excluding carboxylic acids is 2. The zero-order valence-corrected chi connectivity index (χ0v) is 20.2. The third kappa shape index (κ3) is 6.09. The van der Waals surface area contributed by atoms with Gasteiger partial charge in [0, 0.05) is 33.8 Å². The van der Waals surface area contributed by atoms with Gasteiger partial charge in [0.25, 0.3) is 11.8 Å². The van der Waals surface area contributed by atoms with Crippen LogP contribution in [0.4, 0.5) is 5.69 Å².